The smallest absolute Gasteiger partial charge is 0.272 e. The van der Waals surface area contributed by atoms with Crippen molar-refractivity contribution >= 4 is 46.4 Å². The van der Waals surface area contributed by atoms with Gasteiger partial charge in [-0.2, -0.15) is 0 Å². The van der Waals surface area contributed by atoms with E-state index < -0.39 is 0 Å². The van der Waals surface area contributed by atoms with Crippen molar-refractivity contribution in [3.63, 3.8) is 0 Å². The van der Waals surface area contributed by atoms with Crippen LogP contribution in [0.4, 0.5) is 5.69 Å². The van der Waals surface area contributed by atoms with E-state index in [0.29, 0.717) is 39.1 Å². The van der Waals surface area contributed by atoms with E-state index in [4.69, 9.17) is 16.3 Å². The van der Waals surface area contributed by atoms with Gasteiger partial charge in [-0.1, -0.05) is 53.2 Å². The number of nitrogens with zero attached hydrogens (tertiary/aromatic N) is 1. The first-order valence-electron chi connectivity index (χ1n) is 9.84. The number of hydrogen-bond acceptors (Lipinski definition) is 4. The van der Waals surface area contributed by atoms with Crippen LogP contribution in [0.25, 0.3) is 5.57 Å². The van der Waals surface area contributed by atoms with Gasteiger partial charge in [-0.05, 0) is 67.9 Å². The van der Waals surface area contributed by atoms with Gasteiger partial charge >= 0.3 is 0 Å². The SMILES string of the molecule is CCOc1ccc(C2=C(Sc3ccc(Cl)cc3)C(=O)N(c3ccc(C)cc3)C2=O)cc1. The average Bonchev–Trinajstić information content (AvgIpc) is 3.01. The van der Waals surface area contributed by atoms with Crippen molar-refractivity contribution in [2.75, 3.05) is 11.5 Å². The van der Waals surface area contributed by atoms with Gasteiger partial charge in [-0.3, -0.25) is 9.59 Å². The second-order valence-electron chi connectivity index (χ2n) is 7.00. The first kappa shape index (κ1) is 21.2. The van der Waals surface area contributed by atoms with Crippen LogP contribution < -0.4 is 9.64 Å². The lowest BCUT2D eigenvalue weighted by atomic mass is 10.1. The normalized spacial score (nSPS) is 13.8. The number of thioether (sulfide) groups is 1. The molecule has 3 aromatic carbocycles. The molecule has 0 N–H and O–H groups in total. The first-order chi connectivity index (χ1) is 15.0. The standard InChI is InChI=1S/C25H20ClNO3S/c1-3-30-20-12-6-17(7-13-20)22-23(31-21-14-8-18(26)9-15-21)25(29)27(24(22)28)19-10-4-16(2)5-11-19/h4-15H,3H2,1-2H3. The number of carbonyl (C=O) groups excluding carboxylic acids is 2. The molecule has 1 heterocycles. The highest BCUT2D eigenvalue weighted by Gasteiger charge is 2.40. The lowest BCUT2D eigenvalue weighted by molar-refractivity contribution is -0.119. The van der Waals surface area contributed by atoms with Crippen molar-refractivity contribution in [3.8, 4) is 5.75 Å². The second-order valence-corrected chi connectivity index (χ2v) is 8.52. The van der Waals surface area contributed by atoms with E-state index >= 15 is 0 Å². The molecular weight excluding hydrogens is 430 g/mol. The summed E-state index contributed by atoms with van der Waals surface area (Å²) in [6, 6.07) is 21.8. The zero-order valence-electron chi connectivity index (χ0n) is 17.1. The zero-order chi connectivity index (χ0) is 22.0. The topological polar surface area (TPSA) is 46.6 Å². The highest BCUT2D eigenvalue weighted by atomic mass is 35.5. The molecule has 0 unspecified atom stereocenters. The van der Waals surface area contributed by atoms with Crippen LogP contribution in [-0.2, 0) is 9.59 Å². The molecule has 6 heteroatoms. The van der Waals surface area contributed by atoms with Crippen LogP contribution in [0, 0.1) is 6.92 Å². The van der Waals surface area contributed by atoms with Gasteiger partial charge < -0.3 is 4.74 Å². The molecular formula is C25H20ClNO3S. The Morgan fingerprint density at radius 1 is 0.871 bits per heavy atom. The fraction of sp³-hybridized carbons (Fsp3) is 0.120. The van der Waals surface area contributed by atoms with Crippen LogP contribution in [0.15, 0.2) is 82.6 Å². The molecule has 0 fully saturated rings. The monoisotopic (exact) mass is 449 g/mol. The quantitative estimate of drug-likeness (QED) is 0.425. The summed E-state index contributed by atoms with van der Waals surface area (Å²) in [5, 5.41) is 0.611. The molecule has 0 bridgehead atoms. The summed E-state index contributed by atoms with van der Waals surface area (Å²) < 4.78 is 5.51. The Labute approximate surface area is 190 Å². The Morgan fingerprint density at radius 3 is 2.13 bits per heavy atom. The van der Waals surface area contributed by atoms with Crippen molar-refractivity contribution in [1.82, 2.24) is 0 Å². The maximum atomic E-state index is 13.4. The van der Waals surface area contributed by atoms with Gasteiger partial charge in [0.2, 0.25) is 0 Å². The second kappa shape index (κ2) is 9.00. The van der Waals surface area contributed by atoms with E-state index in [-0.39, 0.29) is 11.8 Å². The summed E-state index contributed by atoms with van der Waals surface area (Å²) in [4.78, 5) is 29.3. The lowest BCUT2D eigenvalue weighted by Gasteiger charge is -2.15. The minimum atomic E-state index is -0.338. The van der Waals surface area contributed by atoms with Crippen molar-refractivity contribution in [2.45, 2.75) is 18.7 Å². The van der Waals surface area contributed by atoms with Crippen molar-refractivity contribution in [3.05, 3.63) is 93.9 Å². The lowest BCUT2D eigenvalue weighted by Crippen LogP contribution is -2.31. The third-order valence-electron chi connectivity index (χ3n) is 4.82. The van der Waals surface area contributed by atoms with Crippen molar-refractivity contribution < 1.29 is 14.3 Å². The molecule has 3 aromatic rings. The number of amides is 2. The van der Waals surface area contributed by atoms with Crippen LogP contribution in [0.1, 0.15) is 18.1 Å². The number of rotatable bonds is 6. The number of halogens is 1. The van der Waals surface area contributed by atoms with Gasteiger partial charge in [0, 0.05) is 9.92 Å². The summed E-state index contributed by atoms with van der Waals surface area (Å²) in [5.74, 6) is 0.0399. The molecule has 2 amide bonds. The molecule has 4 nitrogen and oxygen atoms in total. The Balaban J connectivity index is 1.78. The van der Waals surface area contributed by atoms with Gasteiger partial charge in [0.15, 0.2) is 0 Å². The zero-order valence-corrected chi connectivity index (χ0v) is 18.7. The molecule has 0 saturated carbocycles. The van der Waals surface area contributed by atoms with Crippen LogP contribution in [0.2, 0.25) is 5.02 Å². The Kier molecular flexibility index (Phi) is 6.16. The predicted octanol–water partition coefficient (Wildman–Crippen LogP) is 6.12. The predicted molar refractivity (Wildman–Crippen MR) is 126 cm³/mol. The van der Waals surface area contributed by atoms with Gasteiger partial charge in [-0.25, -0.2) is 4.90 Å². The summed E-state index contributed by atoms with van der Waals surface area (Å²) in [6.45, 7) is 4.43. The molecule has 0 saturated heterocycles. The van der Waals surface area contributed by atoms with Gasteiger partial charge in [0.25, 0.3) is 11.8 Å². The van der Waals surface area contributed by atoms with Gasteiger partial charge in [0.05, 0.1) is 22.8 Å². The Morgan fingerprint density at radius 2 is 1.52 bits per heavy atom. The van der Waals surface area contributed by atoms with Gasteiger partial charge in [0.1, 0.15) is 5.75 Å². The molecule has 4 rings (SSSR count). The number of benzene rings is 3. The maximum Gasteiger partial charge on any atom is 0.272 e. The van der Waals surface area contributed by atoms with Crippen molar-refractivity contribution in [2.24, 2.45) is 0 Å². The number of ether oxygens (including phenoxy) is 1. The van der Waals surface area contributed by atoms with E-state index in [9.17, 15) is 9.59 Å². The Hall–Kier alpha value is -3.02. The highest BCUT2D eigenvalue weighted by Crippen LogP contribution is 2.41. The summed E-state index contributed by atoms with van der Waals surface area (Å²) >= 11 is 7.27. The third-order valence-corrected chi connectivity index (χ3v) is 6.16. The van der Waals surface area contributed by atoms with E-state index in [1.807, 2.05) is 62.4 Å². The van der Waals surface area contributed by atoms with E-state index in [1.54, 1.807) is 24.3 Å². The van der Waals surface area contributed by atoms with Crippen LogP contribution >= 0.6 is 23.4 Å². The molecule has 1 aliphatic heterocycles. The number of hydrogen-bond donors (Lipinski definition) is 0. The molecule has 156 valence electrons. The van der Waals surface area contributed by atoms with Gasteiger partial charge in [-0.15, -0.1) is 0 Å². The summed E-state index contributed by atoms with van der Waals surface area (Å²) in [7, 11) is 0. The third kappa shape index (κ3) is 4.38. The molecule has 0 atom stereocenters. The van der Waals surface area contributed by atoms with E-state index in [0.717, 1.165) is 10.5 Å². The number of aryl methyl sites for hydroxylation is 1. The largest absolute Gasteiger partial charge is 0.494 e. The summed E-state index contributed by atoms with van der Waals surface area (Å²) in [6.07, 6.45) is 0. The molecule has 31 heavy (non-hydrogen) atoms. The highest BCUT2D eigenvalue weighted by molar-refractivity contribution is 8.04. The average molecular weight is 450 g/mol. The first-order valence-corrected chi connectivity index (χ1v) is 11.0. The Bertz CT molecular complexity index is 1150. The maximum absolute atomic E-state index is 13.4. The molecule has 0 spiro atoms. The molecule has 1 aliphatic rings. The molecule has 0 aliphatic carbocycles. The minimum Gasteiger partial charge on any atom is -0.494 e. The number of anilines is 1. The number of carbonyl (C=O) groups is 2. The molecule has 0 aromatic heterocycles. The van der Waals surface area contributed by atoms with Crippen LogP contribution in [-0.4, -0.2) is 18.4 Å². The fourth-order valence-electron chi connectivity index (χ4n) is 3.29. The summed E-state index contributed by atoms with van der Waals surface area (Å²) in [5.41, 5.74) is 2.66. The fourth-order valence-corrected chi connectivity index (χ4v) is 4.41. The van der Waals surface area contributed by atoms with Crippen LogP contribution in [0.3, 0.4) is 0 Å². The van der Waals surface area contributed by atoms with E-state index in [1.165, 1.54) is 16.7 Å². The number of imide groups is 1. The minimum absolute atomic E-state index is 0.335. The molecule has 0 radical (unpaired) electrons. The van der Waals surface area contributed by atoms with Crippen molar-refractivity contribution in [1.29, 1.82) is 0 Å². The van der Waals surface area contributed by atoms with Crippen LogP contribution in [0.5, 0.6) is 5.75 Å². The van der Waals surface area contributed by atoms with E-state index in [2.05, 4.69) is 0 Å².